The Morgan fingerprint density at radius 1 is 1.14 bits per heavy atom. The van der Waals surface area contributed by atoms with Gasteiger partial charge in [0.1, 0.15) is 5.82 Å². The molecule has 0 spiro atoms. The van der Waals surface area contributed by atoms with E-state index < -0.39 is 0 Å². The Balaban J connectivity index is 2.00. The van der Waals surface area contributed by atoms with Gasteiger partial charge in [0.15, 0.2) is 5.78 Å². The summed E-state index contributed by atoms with van der Waals surface area (Å²) in [5.41, 5.74) is 2.79. The Morgan fingerprint density at radius 2 is 1.86 bits per heavy atom. The molecular weight excluding hydrogens is 269 g/mol. The predicted molar refractivity (Wildman–Crippen MR) is 77.0 cm³/mol. The van der Waals surface area contributed by atoms with Crippen molar-refractivity contribution in [1.82, 2.24) is 5.32 Å². The van der Waals surface area contributed by atoms with Crippen molar-refractivity contribution in [3.63, 3.8) is 0 Å². The van der Waals surface area contributed by atoms with E-state index in [9.17, 15) is 14.0 Å². The van der Waals surface area contributed by atoms with E-state index in [0.717, 1.165) is 12.0 Å². The number of ketones is 1. The number of aryl methyl sites for hydroxylation is 1. The summed E-state index contributed by atoms with van der Waals surface area (Å²) < 4.78 is 13.3. The van der Waals surface area contributed by atoms with Crippen LogP contribution >= 0.6 is 0 Å². The minimum Gasteiger partial charge on any atom is -0.352 e. The van der Waals surface area contributed by atoms with Crippen molar-refractivity contribution in [3.8, 4) is 0 Å². The van der Waals surface area contributed by atoms with Crippen molar-refractivity contribution in [1.29, 1.82) is 0 Å². The summed E-state index contributed by atoms with van der Waals surface area (Å²) in [5.74, 6) is -0.697. The molecule has 1 N–H and O–H groups in total. The molecule has 1 aliphatic heterocycles. The fourth-order valence-electron chi connectivity index (χ4n) is 2.51. The summed E-state index contributed by atoms with van der Waals surface area (Å²) >= 11 is 0. The smallest absolute Gasteiger partial charge is 0.251 e. The Hall–Kier alpha value is -2.49. The van der Waals surface area contributed by atoms with Crippen molar-refractivity contribution in [2.75, 3.05) is 6.54 Å². The second kappa shape index (κ2) is 5.13. The van der Waals surface area contributed by atoms with Gasteiger partial charge in [-0.3, -0.25) is 9.59 Å². The van der Waals surface area contributed by atoms with Crippen LogP contribution in [0.2, 0.25) is 0 Å². The van der Waals surface area contributed by atoms with E-state index in [0.29, 0.717) is 28.8 Å². The van der Waals surface area contributed by atoms with Crippen LogP contribution in [-0.2, 0) is 6.42 Å². The van der Waals surface area contributed by atoms with Gasteiger partial charge >= 0.3 is 0 Å². The number of halogens is 1. The lowest BCUT2D eigenvalue weighted by molar-refractivity contribution is 0.0946. The van der Waals surface area contributed by atoms with Gasteiger partial charge in [0.05, 0.1) is 0 Å². The minimum absolute atomic E-state index is 0.152. The van der Waals surface area contributed by atoms with Gasteiger partial charge in [-0.25, -0.2) is 4.39 Å². The summed E-state index contributed by atoms with van der Waals surface area (Å²) in [6.07, 6.45) is 0.769. The van der Waals surface area contributed by atoms with Crippen LogP contribution in [0.3, 0.4) is 0 Å². The van der Waals surface area contributed by atoms with E-state index in [2.05, 4.69) is 5.32 Å². The molecule has 3 rings (SSSR count). The van der Waals surface area contributed by atoms with Gasteiger partial charge in [-0.15, -0.1) is 0 Å². The van der Waals surface area contributed by atoms with Crippen LogP contribution in [-0.4, -0.2) is 18.2 Å². The van der Waals surface area contributed by atoms with E-state index >= 15 is 0 Å². The molecule has 0 saturated carbocycles. The van der Waals surface area contributed by atoms with Gasteiger partial charge in [-0.2, -0.15) is 0 Å². The molecular formula is C17H14FNO2. The fraction of sp³-hybridized carbons (Fsp3) is 0.176. The highest BCUT2D eigenvalue weighted by atomic mass is 19.1. The molecule has 106 valence electrons. The lowest BCUT2D eigenvalue weighted by atomic mass is 9.94. The number of amides is 1. The highest BCUT2D eigenvalue weighted by Gasteiger charge is 2.19. The number of fused-ring (bicyclic) bond motifs is 1. The molecule has 1 aliphatic rings. The fourth-order valence-corrected chi connectivity index (χ4v) is 2.51. The van der Waals surface area contributed by atoms with Crippen LogP contribution in [0.4, 0.5) is 4.39 Å². The molecule has 0 aromatic heterocycles. The third kappa shape index (κ3) is 2.44. The molecule has 0 aliphatic carbocycles. The number of hydrogen-bond acceptors (Lipinski definition) is 2. The summed E-state index contributed by atoms with van der Waals surface area (Å²) in [6.45, 7) is 2.24. The Kier molecular flexibility index (Phi) is 3.29. The zero-order valence-corrected chi connectivity index (χ0v) is 11.6. The van der Waals surface area contributed by atoms with Crippen LogP contribution < -0.4 is 5.32 Å². The molecule has 4 heteroatoms. The Labute approximate surface area is 121 Å². The van der Waals surface area contributed by atoms with Gasteiger partial charge in [0, 0.05) is 23.2 Å². The average molecular weight is 283 g/mol. The van der Waals surface area contributed by atoms with Crippen LogP contribution in [0.15, 0.2) is 36.4 Å². The van der Waals surface area contributed by atoms with Gasteiger partial charge in [-0.05, 0) is 48.7 Å². The van der Waals surface area contributed by atoms with E-state index in [1.165, 1.54) is 18.2 Å². The molecule has 2 aromatic carbocycles. The maximum Gasteiger partial charge on any atom is 0.251 e. The first-order valence-electron chi connectivity index (χ1n) is 6.78. The van der Waals surface area contributed by atoms with Gasteiger partial charge in [-0.1, -0.05) is 12.1 Å². The topological polar surface area (TPSA) is 46.2 Å². The minimum atomic E-state index is -0.337. The zero-order chi connectivity index (χ0) is 15.0. The third-order valence-corrected chi connectivity index (χ3v) is 3.72. The lowest BCUT2D eigenvalue weighted by Crippen LogP contribution is -2.32. The SMILES string of the molecule is Cc1cc(C(=O)c2ccc3c(c2)C(=O)NCC3)ccc1F. The van der Waals surface area contributed by atoms with Crippen molar-refractivity contribution >= 4 is 11.7 Å². The third-order valence-electron chi connectivity index (χ3n) is 3.72. The summed E-state index contributed by atoms with van der Waals surface area (Å²) in [5, 5.41) is 2.76. The number of benzene rings is 2. The molecule has 0 atom stereocenters. The molecule has 3 nitrogen and oxygen atoms in total. The molecule has 0 fully saturated rings. The summed E-state index contributed by atoms with van der Waals surface area (Å²) in [4.78, 5) is 24.3. The second-order valence-corrected chi connectivity index (χ2v) is 5.17. The summed E-state index contributed by atoms with van der Waals surface area (Å²) in [7, 11) is 0. The van der Waals surface area contributed by atoms with Crippen molar-refractivity contribution in [3.05, 3.63) is 70.0 Å². The standard InChI is InChI=1S/C17H14FNO2/c1-10-8-12(4-5-15(10)18)16(20)13-3-2-11-6-7-19-17(21)14(11)9-13/h2-5,8-9H,6-7H2,1H3,(H,19,21). The van der Waals surface area contributed by atoms with E-state index in [4.69, 9.17) is 0 Å². The highest BCUT2D eigenvalue weighted by Crippen LogP contribution is 2.19. The number of carbonyl (C=O) groups is 2. The molecule has 2 aromatic rings. The molecule has 0 unspecified atom stereocenters. The van der Waals surface area contributed by atoms with Gasteiger partial charge in [0.25, 0.3) is 5.91 Å². The van der Waals surface area contributed by atoms with Gasteiger partial charge < -0.3 is 5.32 Å². The predicted octanol–water partition coefficient (Wildman–Crippen LogP) is 2.65. The lowest BCUT2D eigenvalue weighted by Gasteiger charge is -2.17. The van der Waals surface area contributed by atoms with Crippen molar-refractivity contribution < 1.29 is 14.0 Å². The van der Waals surface area contributed by atoms with Crippen LogP contribution in [0.5, 0.6) is 0 Å². The Morgan fingerprint density at radius 3 is 2.62 bits per heavy atom. The molecule has 1 amide bonds. The molecule has 0 radical (unpaired) electrons. The number of hydrogen-bond donors (Lipinski definition) is 1. The first-order valence-corrected chi connectivity index (χ1v) is 6.78. The monoisotopic (exact) mass is 283 g/mol. The van der Waals surface area contributed by atoms with E-state index in [1.54, 1.807) is 19.1 Å². The first-order chi connectivity index (χ1) is 10.1. The zero-order valence-electron chi connectivity index (χ0n) is 11.6. The van der Waals surface area contributed by atoms with E-state index in [-0.39, 0.29) is 17.5 Å². The van der Waals surface area contributed by atoms with Crippen LogP contribution in [0.25, 0.3) is 0 Å². The normalized spacial score (nSPS) is 13.5. The van der Waals surface area contributed by atoms with Crippen LogP contribution in [0, 0.1) is 12.7 Å². The molecule has 0 bridgehead atoms. The molecule has 1 heterocycles. The largest absolute Gasteiger partial charge is 0.352 e. The van der Waals surface area contributed by atoms with E-state index in [1.807, 2.05) is 6.07 Å². The number of carbonyl (C=O) groups excluding carboxylic acids is 2. The first kappa shape index (κ1) is 13.5. The number of rotatable bonds is 2. The van der Waals surface area contributed by atoms with Crippen molar-refractivity contribution in [2.24, 2.45) is 0 Å². The number of nitrogens with one attached hydrogen (secondary N) is 1. The summed E-state index contributed by atoms with van der Waals surface area (Å²) in [6, 6.07) is 9.43. The Bertz CT molecular complexity index is 752. The average Bonchev–Trinajstić information content (AvgIpc) is 2.49. The second-order valence-electron chi connectivity index (χ2n) is 5.17. The van der Waals surface area contributed by atoms with Crippen molar-refractivity contribution in [2.45, 2.75) is 13.3 Å². The molecule has 21 heavy (non-hydrogen) atoms. The maximum absolute atomic E-state index is 13.3. The molecule has 0 saturated heterocycles. The quantitative estimate of drug-likeness (QED) is 0.861. The maximum atomic E-state index is 13.3. The van der Waals surface area contributed by atoms with Crippen LogP contribution in [0.1, 0.15) is 37.4 Å². The van der Waals surface area contributed by atoms with Gasteiger partial charge in [0.2, 0.25) is 0 Å². The highest BCUT2D eigenvalue weighted by molar-refractivity contribution is 6.10.